The number of pyridine rings is 1. The molecule has 10 nitrogen and oxygen atoms in total. The standard InChI is InChI=1S/C17H17N6O4/c1-9-13(24)14(25)17(27-9)23-8-22-12-11(20-7-21-15(12)23)6-19-16(26)10-3-2-4-18-5-10/h2-5,7-9,13-14,17,24-25H,1,6H2,(H,19,26)/t9-,13-,14?,17?/m1/s1. The summed E-state index contributed by atoms with van der Waals surface area (Å²) in [5, 5.41) is 22.8. The molecule has 3 N–H and O–H groups in total. The number of ether oxygens (including phenoxy) is 1. The number of fused-ring (bicyclic) bond motifs is 1. The van der Waals surface area contributed by atoms with Crippen molar-refractivity contribution >= 4 is 17.1 Å². The normalized spacial score (nSPS) is 25.0. The van der Waals surface area contributed by atoms with Gasteiger partial charge >= 0.3 is 0 Å². The monoisotopic (exact) mass is 369 g/mol. The fraction of sp³-hybridized carbons (Fsp3) is 0.294. The van der Waals surface area contributed by atoms with Crippen molar-refractivity contribution in [2.24, 2.45) is 0 Å². The van der Waals surface area contributed by atoms with Crippen LogP contribution >= 0.6 is 0 Å². The molecule has 3 aromatic heterocycles. The van der Waals surface area contributed by atoms with E-state index in [1.165, 1.54) is 23.4 Å². The number of imidazole rings is 1. The van der Waals surface area contributed by atoms with Crippen LogP contribution < -0.4 is 5.32 Å². The van der Waals surface area contributed by atoms with Crippen LogP contribution in [0.2, 0.25) is 0 Å². The predicted molar refractivity (Wildman–Crippen MR) is 92.0 cm³/mol. The number of rotatable bonds is 4. The van der Waals surface area contributed by atoms with Crippen LogP contribution in [0.5, 0.6) is 0 Å². The van der Waals surface area contributed by atoms with Crippen LogP contribution in [-0.4, -0.2) is 58.9 Å². The second-order valence-electron chi connectivity index (χ2n) is 6.12. The molecule has 1 aliphatic heterocycles. The molecule has 1 fully saturated rings. The van der Waals surface area contributed by atoms with Gasteiger partial charge in [-0.3, -0.25) is 14.3 Å². The SMILES string of the molecule is [CH2][C@H]1OC(n2cnc3c(CNC(=O)c4cccnc4)ncnc32)C(O)[C@@H]1O. The van der Waals surface area contributed by atoms with Crippen LogP contribution in [-0.2, 0) is 11.3 Å². The molecule has 0 spiro atoms. The van der Waals surface area contributed by atoms with Crippen molar-refractivity contribution in [2.75, 3.05) is 0 Å². The van der Waals surface area contributed by atoms with Gasteiger partial charge < -0.3 is 20.3 Å². The van der Waals surface area contributed by atoms with Gasteiger partial charge in [0.2, 0.25) is 0 Å². The molecule has 0 saturated carbocycles. The summed E-state index contributed by atoms with van der Waals surface area (Å²) in [4.78, 5) is 28.7. The van der Waals surface area contributed by atoms with E-state index in [4.69, 9.17) is 4.74 Å². The minimum Gasteiger partial charge on any atom is -0.388 e. The summed E-state index contributed by atoms with van der Waals surface area (Å²) < 4.78 is 7.03. The molecule has 27 heavy (non-hydrogen) atoms. The highest BCUT2D eigenvalue weighted by Crippen LogP contribution is 2.31. The third kappa shape index (κ3) is 3.14. The lowest BCUT2D eigenvalue weighted by atomic mass is 10.1. The lowest BCUT2D eigenvalue weighted by molar-refractivity contribution is -0.0249. The Morgan fingerprint density at radius 1 is 1.30 bits per heavy atom. The van der Waals surface area contributed by atoms with Crippen LogP contribution in [0.25, 0.3) is 11.2 Å². The topological polar surface area (TPSA) is 135 Å². The number of amides is 1. The second kappa shape index (κ2) is 6.99. The van der Waals surface area contributed by atoms with E-state index in [9.17, 15) is 15.0 Å². The Balaban J connectivity index is 1.57. The zero-order valence-corrected chi connectivity index (χ0v) is 14.1. The van der Waals surface area contributed by atoms with Crippen molar-refractivity contribution in [1.82, 2.24) is 29.8 Å². The van der Waals surface area contributed by atoms with Gasteiger partial charge in [0.05, 0.1) is 30.2 Å². The van der Waals surface area contributed by atoms with Gasteiger partial charge in [-0.25, -0.2) is 15.0 Å². The van der Waals surface area contributed by atoms with Gasteiger partial charge in [-0.05, 0) is 19.1 Å². The van der Waals surface area contributed by atoms with E-state index in [2.05, 4.69) is 32.2 Å². The molecule has 1 aliphatic rings. The Bertz CT molecular complexity index is 962. The summed E-state index contributed by atoms with van der Waals surface area (Å²) in [5.41, 5.74) is 1.82. The predicted octanol–water partition coefficient (Wildman–Crippen LogP) is -0.395. The number of hydrogen-bond donors (Lipinski definition) is 3. The zero-order chi connectivity index (χ0) is 19.0. The van der Waals surface area contributed by atoms with E-state index in [1.54, 1.807) is 18.3 Å². The summed E-state index contributed by atoms with van der Waals surface area (Å²) in [7, 11) is 0. The molecule has 0 bridgehead atoms. The number of carbonyl (C=O) groups is 1. The number of carbonyl (C=O) groups excluding carboxylic acids is 1. The lowest BCUT2D eigenvalue weighted by Gasteiger charge is -2.16. The first-order chi connectivity index (χ1) is 13.1. The Morgan fingerprint density at radius 3 is 2.85 bits per heavy atom. The van der Waals surface area contributed by atoms with E-state index in [1.807, 2.05) is 0 Å². The maximum atomic E-state index is 12.2. The van der Waals surface area contributed by atoms with Crippen molar-refractivity contribution in [1.29, 1.82) is 0 Å². The van der Waals surface area contributed by atoms with Crippen molar-refractivity contribution in [3.05, 3.63) is 55.4 Å². The minimum atomic E-state index is -1.16. The number of aromatic nitrogens is 5. The fourth-order valence-corrected chi connectivity index (χ4v) is 2.94. The van der Waals surface area contributed by atoms with Gasteiger partial charge in [-0.15, -0.1) is 0 Å². The maximum Gasteiger partial charge on any atom is 0.253 e. The van der Waals surface area contributed by atoms with Gasteiger partial charge in [-0.2, -0.15) is 0 Å². The molecule has 1 amide bonds. The van der Waals surface area contributed by atoms with Gasteiger partial charge in [0.25, 0.3) is 5.91 Å². The number of aliphatic hydroxyl groups is 2. The maximum absolute atomic E-state index is 12.2. The van der Waals surface area contributed by atoms with E-state index < -0.39 is 24.5 Å². The third-order valence-corrected chi connectivity index (χ3v) is 4.39. The summed E-state index contributed by atoms with van der Waals surface area (Å²) >= 11 is 0. The van der Waals surface area contributed by atoms with Crippen LogP contribution in [0.1, 0.15) is 22.3 Å². The minimum absolute atomic E-state index is 0.137. The lowest BCUT2D eigenvalue weighted by Crippen LogP contribution is -2.30. The highest BCUT2D eigenvalue weighted by atomic mass is 16.6. The third-order valence-electron chi connectivity index (χ3n) is 4.39. The number of hydrogen-bond acceptors (Lipinski definition) is 8. The molecule has 10 heteroatoms. The fourth-order valence-electron chi connectivity index (χ4n) is 2.94. The molecule has 1 radical (unpaired) electrons. The quantitative estimate of drug-likeness (QED) is 0.566. The van der Waals surface area contributed by atoms with Crippen molar-refractivity contribution in [3.8, 4) is 0 Å². The average Bonchev–Trinajstić information content (AvgIpc) is 3.23. The van der Waals surface area contributed by atoms with Gasteiger partial charge in [0.15, 0.2) is 11.9 Å². The smallest absolute Gasteiger partial charge is 0.253 e. The molecule has 139 valence electrons. The first kappa shape index (κ1) is 17.5. The van der Waals surface area contributed by atoms with E-state index in [0.717, 1.165) is 0 Å². The van der Waals surface area contributed by atoms with Crippen LogP contribution in [0.3, 0.4) is 0 Å². The van der Waals surface area contributed by atoms with E-state index in [-0.39, 0.29) is 12.5 Å². The highest BCUT2D eigenvalue weighted by Gasteiger charge is 2.42. The molecule has 1 saturated heterocycles. The van der Waals surface area contributed by atoms with E-state index >= 15 is 0 Å². The van der Waals surface area contributed by atoms with E-state index in [0.29, 0.717) is 22.4 Å². The van der Waals surface area contributed by atoms with Gasteiger partial charge in [-0.1, -0.05) is 0 Å². The summed E-state index contributed by atoms with van der Waals surface area (Å²) in [5.74, 6) is -0.285. The van der Waals surface area contributed by atoms with Gasteiger partial charge in [0, 0.05) is 12.4 Å². The number of aliphatic hydroxyl groups excluding tert-OH is 2. The Morgan fingerprint density at radius 2 is 2.15 bits per heavy atom. The van der Waals surface area contributed by atoms with Crippen molar-refractivity contribution in [3.63, 3.8) is 0 Å². The summed E-state index contributed by atoms with van der Waals surface area (Å²) in [6.45, 7) is 3.79. The molecular weight excluding hydrogens is 352 g/mol. The highest BCUT2D eigenvalue weighted by molar-refractivity contribution is 5.93. The zero-order valence-electron chi connectivity index (χ0n) is 14.1. The van der Waals surface area contributed by atoms with Crippen LogP contribution in [0.4, 0.5) is 0 Å². The average molecular weight is 369 g/mol. The molecule has 0 aromatic carbocycles. The van der Waals surface area contributed by atoms with Gasteiger partial charge in [0.1, 0.15) is 24.1 Å². The molecule has 3 aromatic rings. The molecule has 2 unspecified atom stereocenters. The summed E-state index contributed by atoms with van der Waals surface area (Å²) in [6.07, 6.45) is 1.96. The molecular formula is C17H17N6O4. The Labute approximate surface area is 153 Å². The van der Waals surface area contributed by atoms with Crippen LogP contribution in [0.15, 0.2) is 37.2 Å². The molecule has 4 atom stereocenters. The molecule has 0 aliphatic carbocycles. The number of nitrogens with one attached hydrogen (secondary N) is 1. The first-order valence-corrected chi connectivity index (χ1v) is 8.25. The van der Waals surface area contributed by atoms with Crippen molar-refractivity contribution in [2.45, 2.75) is 31.1 Å². The Hall–Kier alpha value is -2.95. The first-order valence-electron chi connectivity index (χ1n) is 8.25. The molecule has 4 rings (SSSR count). The Kier molecular flexibility index (Phi) is 4.52. The number of nitrogens with zero attached hydrogens (tertiary/aromatic N) is 5. The largest absolute Gasteiger partial charge is 0.388 e. The van der Waals surface area contributed by atoms with Crippen molar-refractivity contribution < 1.29 is 19.7 Å². The van der Waals surface area contributed by atoms with Crippen LogP contribution in [0, 0.1) is 6.92 Å². The second-order valence-corrected chi connectivity index (χ2v) is 6.12. The summed E-state index contributed by atoms with van der Waals surface area (Å²) in [6, 6.07) is 3.34. The molecule has 4 heterocycles.